The lowest BCUT2D eigenvalue weighted by atomic mass is 10.1. The fraction of sp³-hybridized carbons (Fsp3) is 0.200. The highest BCUT2D eigenvalue weighted by atomic mass is 35.5. The topological polar surface area (TPSA) is 29.5 Å². The number of hydrogen-bond acceptors (Lipinski definition) is 2. The predicted octanol–water partition coefficient (Wildman–Crippen LogP) is 4.50. The summed E-state index contributed by atoms with van der Waals surface area (Å²) in [5.41, 5.74) is 0.742. The van der Waals surface area contributed by atoms with Gasteiger partial charge in [-0.1, -0.05) is 47.5 Å². The number of ether oxygens (including phenoxy) is 1. The highest BCUT2D eigenvalue weighted by Crippen LogP contribution is 2.26. The van der Waals surface area contributed by atoms with Gasteiger partial charge in [-0.2, -0.15) is 0 Å². The smallest absolute Gasteiger partial charge is 0.119 e. The minimum atomic E-state index is -0.613. The molecule has 0 heterocycles. The highest BCUT2D eigenvalue weighted by molar-refractivity contribution is 6.42. The van der Waals surface area contributed by atoms with E-state index in [0.717, 1.165) is 11.3 Å². The number of aliphatic hydroxyl groups is 1. The predicted molar refractivity (Wildman–Crippen MR) is 78.0 cm³/mol. The van der Waals surface area contributed by atoms with E-state index < -0.39 is 6.10 Å². The molecule has 0 amide bonds. The van der Waals surface area contributed by atoms with Crippen LogP contribution in [0.4, 0.5) is 0 Å². The van der Waals surface area contributed by atoms with E-state index in [1.165, 1.54) is 0 Å². The molecule has 19 heavy (non-hydrogen) atoms. The number of para-hydroxylation sites is 1. The number of rotatable bonds is 5. The first kappa shape index (κ1) is 14.2. The number of halogens is 2. The van der Waals surface area contributed by atoms with Crippen molar-refractivity contribution in [2.24, 2.45) is 0 Å². The molecule has 0 aliphatic rings. The molecule has 0 radical (unpaired) electrons. The van der Waals surface area contributed by atoms with E-state index in [1.807, 2.05) is 30.3 Å². The molecule has 1 unspecified atom stereocenters. The van der Waals surface area contributed by atoms with Gasteiger partial charge in [-0.05, 0) is 29.8 Å². The van der Waals surface area contributed by atoms with Crippen LogP contribution < -0.4 is 4.74 Å². The average Bonchev–Trinajstić information content (AvgIpc) is 2.43. The molecule has 0 aliphatic heterocycles. The van der Waals surface area contributed by atoms with Crippen molar-refractivity contribution in [3.05, 3.63) is 64.1 Å². The molecule has 0 spiro atoms. The van der Waals surface area contributed by atoms with E-state index in [4.69, 9.17) is 27.9 Å². The van der Waals surface area contributed by atoms with Crippen LogP contribution in [0.3, 0.4) is 0 Å². The molecule has 2 rings (SSSR count). The van der Waals surface area contributed by atoms with Crippen LogP contribution in [0.15, 0.2) is 48.5 Å². The van der Waals surface area contributed by atoms with Crippen molar-refractivity contribution in [2.45, 2.75) is 12.5 Å². The Labute approximate surface area is 122 Å². The van der Waals surface area contributed by atoms with Crippen LogP contribution in [0, 0.1) is 0 Å². The molecule has 2 aromatic carbocycles. The zero-order valence-corrected chi connectivity index (χ0v) is 11.7. The Bertz CT molecular complexity index is 529. The molecule has 1 atom stereocenters. The minimum Gasteiger partial charge on any atom is -0.493 e. The highest BCUT2D eigenvalue weighted by Gasteiger charge is 2.09. The summed E-state index contributed by atoms with van der Waals surface area (Å²) < 4.78 is 5.53. The average molecular weight is 297 g/mol. The maximum Gasteiger partial charge on any atom is 0.119 e. The maximum absolute atomic E-state index is 10.0. The summed E-state index contributed by atoms with van der Waals surface area (Å²) in [5.74, 6) is 0.795. The molecule has 0 aliphatic carbocycles. The molecule has 2 aromatic rings. The van der Waals surface area contributed by atoms with Gasteiger partial charge >= 0.3 is 0 Å². The molecule has 0 aromatic heterocycles. The molecular formula is C15H14Cl2O2. The summed E-state index contributed by atoms with van der Waals surface area (Å²) in [6.45, 7) is 0.436. The summed E-state index contributed by atoms with van der Waals surface area (Å²) in [5, 5.41) is 11.0. The van der Waals surface area contributed by atoms with E-state index >= 15 is 0 Å². The summed E-state index contributed by atoms with van der Waals surface area (Å²) >= 11 is 11.7. The second-order valence-corrected chi connectivity index (χ2v) is 4.95. The molecule has 1 N–H and O–H groups in total. The van der Waals surface area contributed by atoms with Gasteiger partial charge in [-0.25, -0.2) is 0 Å². The fourth-order valence-corrected chi connectivity index (χ4v) is 2.00. The zero-order valence-electron chi connectivity index (χ0n) is 10.2. The van der Waals surface area contributed by atoms with Crippen LogP contribution >= 0.6 is 23.2 Å². The lowest BCUT2D eigenvalue weighted by Crippen LogP contribution is -2.05. The van der Waals surface area contributed by atoms with Gasteiger partial charge in [-0.3, -0.25) is 0 Å². The van der Waals surface area contributed by atoms with Gasteiger partial charge < -0.3 is 9.84 Å². The minimum absolute atomic E-state index is 0.436. The Morgan fingerprint density at radius 1 is 1.00 bits per heavy atom. The molecule has 100 valence electrons. The normalized spacial score (nSPS) is 12.2. The van der Waals surface area contributed by atoms with Crippen LogP contribution in [-0.2, 0) is 0 Å². The third kappa shape index (κ3) is 4.13. The quantitative estimate of drug-likeness (QED) is 0.880. The van der Waals surface area contributed by atoms with Crippen molar-refractivity contribution in [3.8, 4) is 5.75 Å². The molecule has 0 saturated carbocycles. The lowest BCUT2D eigenvalue weighted by Gasteiger charge is -2.12. The van der Waals surface area contributed by atoms with Crippen LogP contribution in [0.2, 0.25) is 10.0 Å². The second-order valence-electron chi connectivity index (χ2n) is 4.14. The van der Waals surface area contributed by atoms with Crippen molar-refractivity contribution >= 4 is 23.2 Å². The third-order valence-electron chi connectivity index (χ3n) is 2.73. The number of hydrogen-bond donors (Lipinski definition) is 1. The lowest BCUT2D eigenvalue weighted by molar-refractivity contribution is 0.141. The number of benzene rings is 2. The van der Waals surface area contributed by atoms with Crippen LogP contribution in [0.25, 0.3) is 0 Å². The van der Waals surface area contributed by atoms with Gasteiger partial charge in [0.1, 0.15) is 5.75 Å². The van der Waals surface area contributed by atoms with Crippen molar-refractivity contribution in [3.63, 3.8) is 0 Å². The molecule has 2 nitrogen and oxygen atoms in total. The molecule has 0 fully saturated rings. The fourth-order valence-electron chi connectivity index (χ4n) is 1.69. The molecular weight excluding hydrogens is 283 g/mol. The van der Waals surface area contributed by atoms with Crippen molar-refractivity contribution in [1.82, 2.24) is 0 Å². The standard InChI is InChI=1S/C15H14Cl2O2/c16-13-7-6-11(10-14(13)17)15(18)8-9-19-12-4-2-1-3-5-12/h1-7,10,15,18H,8-9H2. The van der Waals surface area contributed by atoms with Crippen molar-refractivity contribution in [2.75, 3.05) is 6.61 Å². The zero-order chi connectivity index (χ0) is 13.7. The summed E-state index contributed by atoms with van der Waals surface area (Å²) in [6, 6.07) is 14.6. The van der Waals surface area contributed by atoms with E-state index in [1.54, 1.807) is 18.2 Å². The van der Waals surface area contributed by atoms with E-state index in [2.05, 4.69) is 0 Å². The third-order valence-corrected chi connectivity index (χ3v) is 3.47. The van der Waals surface area contributed by atoms with Gasteiger partial charge in [0.15, 0.2) is 0 Å². The first-order chi connectivity index (χ1) is 9.16. The molecule has 0 bridgehead atoms. The Kier molecular flexibility index (Phi) is 5.08. The summed E-state index contributed by atoms with van der Waals surface area (Å²) in [4.78, 5) is 0. The first-order valence-electron chi connectivity index (χ1n) is 5.97. The SMILES string of the molecule is OC(CCOc1ccccc1)c1ccc(Cl)c(Cl)c1. The summed E-state index contributed by atoms with van der Waals surface area (Å²) in [6.07, 6.45) is -0.120. The molecule has 0 saturated heterocycles. The van der Waals surface area contributed by atoms with Gasteiger partial charge in [-0.15, -0.1) is 0 Å². The van der Waals surface area contributed by atoms with E-state index in [0.29, 0.717) is 23.1 Å². The van der Waals surface area contributed by atoms with Gasteiger partial charge in [0.25, 0.3) is 0 Å². The van der Waals surface area contributed by atoms with Crippen LogP contribution in [0.1, 0.15) is 18.1 Å². The van der Waals surface area contributed by atoms with Crippen LogP contribution in [-0.4, -0.2) is 11.7 Å². The number of aliphatic hydroxyl groups excluding tert-OH is 1. The van der Waals surface area contributed by atoms with E-state index in [-0.39, 0.29) is 0 Å². The van der Waals surface area contributed by atoms with E-state index in [9.17, 15) is 5.11 Å². The van der Waals surface area contributed by atoms with Gasteiger partial charge in [0.2, 0.25) is 0 Å². The maximum atomic E-state index is 10.0. The van der Waals surface area contributed by atoms with Crippen molar-refractivity contribution < 1.29 is 9.84 Å². The Balaban J connectivity index is 1.87. The first-order valence-corrected chi connectivity index (χ1v) is 6.73. The van der Waals surface area contributed by atoms with Gasteiger partial charge in [0.05, 0.1) is 22.8 Å². The Hall–Kier alpha value is -1.22. The van der Waals surface area contributed by atoms with Gasteiger partial charge in [0, 0.05) is 6.42 Å². The monoisotopic (exact) mass is 296 g/mol. The second kappa shape index (κ2) is 6.80. The Morgan fingerprint density at radius 3 is 2.42 bits per heavy atom. The Morgan fingerprint density at radius 2 is 1.74 bits per heavy atom. The largest absolute Gasteiger partial charge is 0.493 e. The van der Waals surface area contributed by atoms with Crippen molar-refractivity contribution in [1.29, 1.82) is 0 Å². The molecule has 4 heteroatoms. The summed E-state index contributed by atoms with van der Waals surface area (Å²) in [7, 11) is 0. The van der Waals surface area contributed by atoms with Crippen LogP contribution in [0.5, 0.6) is 5.75 Å².